The van der Waals surface area contributed by atoms with E-state index in [4.69, 9.17) is 5.73 Å². The van der Waals surface area contributed by atoms with Gasteiger partial charge in [0, 0.05) is 29.7 Å². The number of nitro groups is 1. The van der Waals surface area contributed by atoms with E-state index in [9.17, 15) is 10.1 Å². The van der Waals surface area contributed by atoms with Gasteiger partial charge in [0.1, 0.15) is 0 Å². The molecule has 0 aliphatic heterocycles. The average Bonchev–Trinajstić information content (AvgIpc) is 2.40. The minimum absolute atomic E-state index is 0.0580. The summed E-state index contributed by atoms with van der Waals surface area (Å²) in [6, 6.07) is 4.94. The van der Waals surface area contributed by atoms with Crippen LogP contribution in [-0.2, 0) is 6.54 Å². The van der Waals surface area contributed by atoms with Crippen molar-refractivity contribution < 1.29 is 4.92 Å². The Morgan fingerprint density at radius 1 is 1.43 bits per heavy atom. The summed E-state index contributed by atoms with van der Waals surface area (Å²) >= 11 is 3.44. The summed E-state index contributed by atoms with van der Waals surface area (Å²) in [4.78, 5) is 12.7. The van der Waals surface area contributed by atoms with E-state index in [1.807, 2.05) is 6.07 Å². The van der Waals surface area contributed by atoms with Crippen molar-refractivity contribution in [3.8, 4) is 0 Å². The summed E-state index contributed by atoms with van der Waals surface area (Å²) < 4.78 is 0.781. The molecule has 118 valence electrons. The molecule has 0 saturated heterocycles. The van der Waals surface area contributed by atoms with Crippen LogP contribution in [0.5, 0.6) is 0 Å². The van der Waals surface area contributed by atoms with Crippen LogP contribution in [-0.4, -0.2) is 29.5 Å². The Hall–Kier alpha value is -0.980. The van der Waals surface area contributed by atoms with Gasteiger partial charge in [0.25, 0.3) is 5.69 Å². The SMILES string of the molecule is CCCN(Cc1ccc([N+](=O)[O-])cc1Br)CC(C)(C)CN. The van der Waals surface area contributed by atoms with E-state index in [1.54, 1.807) is 12.1 Å². The first-order valence-corrected chi connectivity index (χ1v) is 7.93. The molecule has 0 bridgehead atoms. The molecule has 1 rings (SSSR count). The van der Waals surface area contributed by atoms with Crippen LogP contribution in [0.3, 0.4) is 0 Å². The van der Waals surface area contributed by atoms with Crippen LogP contribution in [0.25, 0.3) is 0 Å². The second-order valence-corrected chi connectivity index (χ2v) is 6.97. The Morgan fingerprint density at radius 2 is 2.10 bits per heavy atom. The molecule has 0 unspecified atom stereocenters. The lowest BCUT2D eigenvalue weighted by Crippen LogP contribution is -2.38. The lowest BCUT2D eigenvalue weighted by molar-refractivity contribution is -0.384. The van der Waals surface area contributed by atoms with Crippen LogP contribution in [0, 0.1) is 15.5 Å². The highest BCUT2D eigenvalue weighted by atomic mass is 79.9. The summed E-state index contributed by atoms with van der Waals surface area (Å²) in [5, 5.41) is 10.8. The number of halogens is 1. The zero-order valence-electron chi connectivity index (χ0n) is 12.9. The fourth-order valence-electron chi connectivity index (χ4n) is 2.22. The topological polar surface area (TPSA) is 72.4 Å². The number of rotatable bonds is 8. The maximum absolute atomic E-state index is 10.8. The van der Waals surface area contributed by atoms with Gasteiger partial charge in [-0.2, -0.15) is 0 Å². The van der Waals surface area contributed by atoms with Gasteiger partial charge in [-0.15, -0.1) is 0 Å². The molecule has 21 heavy (non-hydrogen) atoms. The van der Waals surface area contributed by atoms with E-state index in [0.29, 0.717) is 6.54 Å². The van der Waals surface area contributed by atoms with Gasteiger partial charge in [-0.3, -0.25) is 15.0 Å². The van der Waals surface area contributed by atoms with Crippen molar-refractivity contribution in [3.63, 3.8) is 0 Å². The molecule has 0 atom stereocenters. The van der Waals surface area contributed by atoms with Crippen LogP contribution in [0.4, 0.5) is 5.69 Å². The Morgan fingerprint density at radius 3 is 2.57 bits per heavy atom. The number of hydrogen-bond acceptors (Lipinski definition) is 4. The smallest absolute Gasteiger partial charge is 0.270 e. The molecule has 1 aromatic rings. The van der Waals surface area contributed by atoms with E-state index in [-0.39, 0.29) is 16.0 Å². The highest BCUT2D eigenvalue weighted by Gasteiger charge is 2.21. The molecule has 0 aliphatic carbocycles. The van der Waals surface area contributed by atoms with Crippen LogP contribution in [0.2, 0.25) is 0 Å². The molecule has 6 heteroatoms. The molecule has 0 aromatic heterocycles. The second kappa shape index (κ2) is 7.87. The van der Waals surface area contributed by atoms with Crippen LogP contribution in [0.15, 0.2) is 22.7 Å². The fraction of sp³-hybridized carbons (Fsp3) is 0.600. The molecule has 0 fully saturated rings. The first-order valence-electron chi connectivity index (χ1n) is 7.14. The summed E-state index contributed by atoms with van der Waals surface area (Å²) in [6.45, 7) is 9.73. The quantitative estimate of drug-likeness (QED) is 0.570. The highest BCUT2D eigenvalue weighted by molar-refractivity contribution is 9.10. The van der Waals surface area contributed by atoms with Crippen molar-refractivity contribution in [2.45, 2.75) is 33.7 Å². The molecular weight excluding hydrogens is 334 g/mol. The third-order valence-corrected chi connectivity index (χ3v) is 4.12. The summed E-state index contributed by atoms with van der Waals surface area (Å²) in [5.41, 5.74) is 7.04. The van der Waals surface area contributed by atoms with Crippen LogP contribution < -0.4 is 5.73 Å². The van der Waals surface area contributed by atoms with E-state index < -0.39 is 0 Å². The standard InChI is InChI=1S/C15H24BrN3O2/c1-4-7-18(11-15(2,3)10-17)9-12-5-6-13(19(20)21)8-14(12)16/h5-6,8H,4,7,9-11,17H2,1-3H3. The average molecular weight is 358 g/mol. The molecule has 2 N–H and O–H groups in total. The molecule has 0 spiro atoms. The van der Waals surface area contributed by atoms with Gasteiger partial charge >= 0.3 is 0 Å². The minimum atomic E-state index is -0.379. The number of nitrogens with two attached hydrogens (primary N) is 1. The first-order chi connectivity index (χ1) is 9.79. The number of benzene rings is 1. The van der Waals surface area contributed by atoms with Gasteiger partial charge < -0.3 is 5.73 Å². The molecule has 0 aliphatic rings. The van der Waals surface area contributed by atoms with Gasteiger partial charge in [0.15, 0.2) is 0 Å². The predicted octanol–water partition coefficient (Wildman–Crippen LogP) is 3.55. The minimum Gasteiger partial charge on any atom is -0.330 e. The van der Waals surface area contributed by atoms with E-state index in [0.717, 1.165) is 36.1 Å². The first kappa shape index (κ1) is 18.1. The van der Waals surface area contributed by atoms with Gasteiger partial charge in [-0.1, -0.05) is 36.7 Å². The normalized spacial score (nSPS) is 11.9. The van der Waals surface area contributed by atoms with E-state index in [2.05, 4.69) is 41.6 Å². The number of nitro benzene ring substituents is 1. The summed E-state index contributed by atoms with van der Waals surface area (Å²) in [6.07, 6.45) is 1.06. The van der Waals surface area contributed by atoms with Gasteiger partial charge in [-0.25, -0.2) is 0 Å². The molecule has 1 aromatic carbocycles. The number of hydrogen-bond donors (Lipinski definition) is 1. The number of non-ortho nitro benzene ring substituents is 1. The zero-order valence-corrected chi connectivity index (χ0v) is 14.5. The van der Waals surface area contributed by atoms with Crippen molar-refractivity contribution in [2.24, 2.45) is 11.1 Å². The predicted molar refractivity (Wildman–Crippen MR) is 89.2 cm³/mol. The summed E-state index contributed by atoms with van der Waals surface area (Å²) in [7, 11) is 0. The largest absolute Gasteiger partial charge is 0.330 e. The van der Waals surface area contributed by atoms with Gasteiger partial charge in [0.2, 0.25) is 0 Å². The Labute approximate surface area is 134 Å². The number of nitrogens with zero attached hydrogens (tertiary/aromatic N) is 2. The maximum Gasteiger partial charge on any atom is 0.270 e. The maximum atomic E-state index is 10.8. The monoisotopic (exact) mass is 357 g/mol. The Kier molecular flexibility index (Phi) is 6.77. The van der Waals surface area contributed by atoms with Gasteiger partial charge in [0.05, 0.1) is 4.92 Å². The van der Waals surface area contributed by atoms with E-state index in [1.165, 1.54) is 0 Å². The second-order valence-electron chi connectivity index (χ2n) is 6.11. The van der Waals surface area contributed by atoms with Crippen LogP contribution >= 0.6 is 15.9 Å². The third kappa shape index (κ3) is 5.73. The van der Waals surface area contributed by atoms with Gasteiger partial charge in [-0.05, 0) is 36.6 Å². The van der Waals surface area contributed by atoms with Crippen molar-refractivity contribution in [2.75, 3.05) is 19.6 Å². The van der Waals surface area contributed by atoms with Crippen molar-refractivity contribution in [1.29, 1.82) is 0 Å². The third-order valence-electron chi connectivity index (χ3n) is 3.39. The molecular formula is C15H24BrN3O2. The van der Waals surface area contributed by atoms with Crippen molar-refractivity contribution in [1.82, 2.24) is 4.90 Å². The van der Waals surface area contributed by atoms with E-state index >= 15 is 0 Å². The Bertz CT molecular complexity index is 492. The molecule has 5 nitrogen and oxygen atoms in total. The lowest BCUT2D eigenvalue weighted by Gasteiger charge is -2.32. The molecule has 0 heterocycles. The van der Waals surface area contributed by atoms with Crippen molar-refractivity contribution in [3.05, 3.63) is 38.3 Å². The highest BCUT2D eigenvalue weighted by Crippen LogP contribution is 2.25. The van der Waals surface area contributed by atoms with Crippen LogP contribution in [0.1, 0.15) is 32.8 Å². The lowest BCUT2D eigenvalue weighted by atomic mass is 9.93. The Balaban J connectivity index is 2.86. The zero-order chi connectivity index (χ0) is 16.0. The molecule has 0 radical (unpaired) electrons. The fourth-order valence-corrected chi connectivity index (χ4v) is 2.71. The molecule has 0 saturated carbocycles. The molecule has 0 amide bonds. The van der Waals surface area contributed by atoms with Crippen molar-refractivity contribution >= 4 is 21.6 Å². The summed E-state index contributed by atoms with van der Waals surface area (Å²) in [5.74, 6) is 0.